The number of halogens is 1. The average molecular weight is 411 g/mol. The highest BCUT2D eigenvalue weighted by Gasteiger charge is 2.25. The van der Waals surface area contributed by atoms with Crippen LogP contribution in [0.3, 0.4) is 0 Å². The van der Waals surface area contributed by atoms with E-state index in [1.165, 1.54) is 6.42 Å². The summed E-state index contributed by atoms with van der Waals surface area (Å²) in [7, 11) is 0. The molecule has 3 aromatic rings. The van der Waals surface area contributed by atoms with Gasteiger partial charge in [0.05, 0.1) is 6.42 Å². The Morgan fingerprint density at radius 1 is 1.03 bits per heavy atom. The first kappa shape index (κ1) is 19.5. The van der Waals surface area contributed by atoms with E-state index in [0.717, 1.165) is 37.1 Å². The molecule has 150 valence electrons. The minimum absolute atomic E-state index is 0.126. The quantitative estimate of drug-likeness (QED) is 0.660. The van der Waals surface area contributed by atoms with Crippen molar-refractivity contribution in [3.05, 3.63) is 76.6 Å². The van der Waals surface area contributed by atoms with Gasteiger partial charge in [0, 0.05) is 18.1 Å². The first-order valence-corrected chi connectivity index (χ1v) is 10.2. The molecule has 1 aliphatic rings. The van der Waals surface area contributed by atoms with Gasteiger partial charge in [-0.25, -0.2) is 0 Å². The van der Waals surface area contributed by atoms with Crippen LogP contribution in [0.15, 0.2) is 59.0 Å². The minimum atomic E-state index is -0.498. The van der Waals surface area contributed by atoms with Crippen LogP contribution in [-0.4, -0.2) is 29.2 Å². The number of nitrogens with zero attached hydrogens (tertiary/aromatic N) is 3. The second kappa shape index (κ2) is 9.09. The Bertz CT molecular complexity index is 937. The number of carbonyl (C=O) groups is 1. The Hall–Kier alpha value is -2.86. The van der Waals surface area contributed by atoms with Crippen molar-refractivity contribution in [3.63, 3.8) is 0 Å². The summed E-state index contributed by atoms with van der Waals surface area (Å²) in [5.41, 5.74) is 1.78. The molecule has 0 unspecified atom stereocenters. The van der Waals surface area contributed by atoms with Crippen LogP contribution in [0, 0.1) is 0 Å². The first-order valence-electron chi connectivity index (χ1n) is 9.86. The lowest BCUT2D eigenvalue weighted by Crippen LogP contribution is -2.31. The number of amides is 1. The van der Waals surface area contributed by atoms with Crippen LogP contribution in [0.2, 0.25) is 5.02 Å². The van der Waals surface area contributed by atoms with Gasteiger partial charge in [-0.15, -0.1) is 5.10 Å². The molecule has 1 amide bonds. The second-order valence-corrected chi connectivity index (χ2v) is 7.62. The molecule has 0 bridgehead atoms. The molecule has 2 aromatic carbocycles. The predicted octanol–water partition coefficient (Wildman–Crippen LogP) is 4.16. The van der Waals surface area contributed by atoms with Crippen LogP contribution in [0.25, 0.3) is 0 Å². The summed E-state index contributed by atoms with van der Waals surface area (Å²) >= 11 is 5.93. The van der Waals surface area contributed by atoms with E-state index < -0.39 is 6.04 Å². The van der Waals surface area contributed by atoms with E-state index >= 15 is 0 Å². The van der Waals surface area contributed by atoms with E-state index in [0.29, 0.717) is 16.9 Å². The Kier molecular flexibility index (Phi) is 6.10. The lowest BCUT2D eigenvalue weighted by molar-refractivity contribution is -0.121. The van der Waals surface area contributed by atoms with Crippen molar-refractivity contribution >= 4 is 23.5 Å². The number of carbonyl (C=O) groups excluding carboxylic acids is 1. The molecule has 1 N–H and O–H groups in total. The number of hydrogen-bond acceptors (Lipinski definition) is 5. The van der Waals surface area contributed by atoms with Crippen molar-refractivity contribution in [2.75, 3.05) is 18.0 Å². The van der Waals surface area contributed by atoms with Crippen LogP contribution < -0.4 is 10.2 Å². The van der Waals surface area contributed by atoms with Crippen LogP contribution >= 0.6 is 11.6 Å². The zero-order valence-corrected chi connectivity index (χ0v) is 16.8. The monoisotopic (exact) mass is 410 g/mol. The van der Waals surface area contributed by atoms with Crippen molar-refractivity contribution < 1.29 is 9.21 Å². The molecule has 7 heteroatoms. The van der Waals surface area contributed by atoms with E-state index in [2.05, 4.69) is 20.4 Å². The molecule has 1 fully saturated rings. The molecule has 1 aromatic heterocycles. The highest BCUT2D eigenvalue weighted by Crippen LogP contribution is 2.25. The standard InChI is InChI=1S/C22H23ClN4O2/c23-18-11-9-16(10-12-18)15-19(28)24-20(17-7-3-1-4-8-17)21-25-26-22(29-21)27-13-5-2-6-14-27/h1,3-4,7-12,20H,2,5-6,13-15H2,(H,24,28)/t20-/m0/s1. The lowest BCUT2D eigenvalue weighted by atomic mass is 10.1. The Morgan fingerprint density at radius 3 is 2.48 bits per heavy atom. The number of nitrogens with one attached hydrogen (secondary N) is 1. The van der Waals surface area contributed by atoms with Gasteiger partial charge >= 0.3 is 6.01 Å². The van der Waals surface area contributed by atoms with Crippen molar-refractivity contribution in [1.29, 1.82) is 0 Å². The van der Waals surface area contributed by atoms with Gasteiger partial charge < -0.3 is 14.6 Å². The van der Waals surface area contributed by atoms with Gasteiger partial charge in [-0.2, -0.15) is 0 Å². The van der Waals surface area contributed by atoms with Crippen molar-refractivity contribution in [2.45, 2.75) is 31.7 Å². The van der Waals surface area contributed by atoms with E-state index in [1.807, 2.05) is 42.5 Å². The van der Waals surface area contributed by atoms with Gasteiger partial charge in [-0.05, 0) is 42.5 Å². The van der Waals surface area contributed by atoms with Crippen molar-refractivity contribution in [3.8, 4) is 0 Å². The fourth-order valence-electron chi connectivity index (χ4n) is 3.49. The summed E-state index contributed by atoms with van der Waals surface area (Å²) in [6.45, 7) is 1.83. The Labute approximate surface area is 174 Å². The van der Waals surface area contributed by atoms with E-state index in [9.17, 15) is 4.79 Å². The largest absolute Gasteiger partial charge is 0.405 e. The summed E-state index contributed by atoms with van der Waals surface area (Å²) in [6, 6.07) is 16.9. The Morgan fingerprint density at radius 2 is 1.76 bits per heavy atom. The number of rotatable bonds is 6. The van der Waals surface area contributed by atoms with Crippen molar-refractivity contribution in [2.24, 2.45) is 0 Å². The van der Waals surface area contributed by atoms with Crippen LogP contribution in [0.5, 0.6) is 0 Å². The third-order valence-corrected chi connectivity index (χ3v) is 5.27. The van der Waals surface area contributed by atoms with Gasteiger partial charge in [0.15, 0.2) is 0 Å². The SMILES string of the molecule is O=C(Cc1ccc(Cl)cc1)N[C@@H](c1ccccc1)c1nnc(N2CCCCC2)o1. The minimum Gasteiger partial charge on any atom is -0.405 e. The molecule has 29 heavy (non-hydrogen) atoms. The normalized spacial score (nSPS) is 15.1. The number of piperidine rings is 1. The maximum atomic E-state index is 12.7. The van der Waals surface area contributed by atoms with E-state index in [1.54, 1.807) is 12.1 Å². The topological polar surface area (TPSA) is 71.3 Å². The molecule has 1 saturated heterocycles. The number of anilines is 1. The third kappa shape index (κ3) is 4.95. The lowest BCUT2D eigenvalue weighted by Gasteiger charge is -2.24. The summed E-state index contributed by atoms with van der Waals surface area (Å²) in [5.74, 6) is 0.264. The molecular formula is C22H23ClN4O2. The molecule has 6 nitrogen and oxygen atoms in total. The van der Waals surface area contributed by atoms with E-state index in [4.69, 9.17) is 16.0 Å². The molecule has 1 aliphatic heterocycles. The highest BCUT2D eigenvalue weighted by atomic mass is 35.5. The summed E-state index contributed by atoms with van der Waals surface area (Å²) < 4.78 is 5.98. The molecule has 2 heterocycles. The summed E-state index contributed by atoms with van der Waals surface area (Å²) in [6.07, 6.45) is 3.72. The molecular weight excluding hydrogens is 388 g/mol. The maximum absolute atomic E-state index is 12.7. The zero-order valence-electron chi connectivity index (χ0n) is 16.1. The summed E-state index contributed by atoms with van der Waals surface area (Å²) in [4.78, 5) is 14.8. The Balaban J connectivity index is 1.53. The van der Waals surface area contributed by atoms with Gasteiger partial charge in [0.1, 0.15) is 6.04 Å². The van der Waals surface area contributed by atoms with Gasteiger partial charge in [-0.3, -0.25) is 4.79 Å². The second-order valence-electron chi connectivity index (χ2n) is 7.19. The number of benzene rings is 2. The molecule has 0 saturated carbocycles. The predicted molar refractivity (Wildman–Crippen MR) is 112 cm³/mol. The van der Waals surface area contributed by atoms with Gasteiger partial charge in [-0.1, -0.05) is 59.2 Å². The molecule has 0 spiro atoms. The fraction of sp³-hybridized carbons (Fsp3) is 0.318. The molecule has 0 aliphatic carbocycles. The average Bonchev–Trinajstić information content (AvgIpc) is 3.25. The zero-order chi connectivity index (χ0) is 20.1. The smallest absolute Gasteiger partial charge is 0.318 e. The first-order chi connectivity index (χ1) is 14.2. The number of aromatic nitrogens is 2. The maximum Gasteiger partial charge on any atom is 0.318 e. The van der Waals surface area contributed by atoms with Crippen molar-refractivity contribution in [1.82, 2.24) is 15.5 Å². The third-order valence-electron chi connectivity index (χ3n) is 5.02. The highest BCUT2D eigenvalue weighted by molar-refractivity contribution is 6.30. The fourth-order valence-corrected chi connectivity index (χ4v) is 3.61. The van der Waals surface area contributed by atoms with E-state index in [-0.39, 0.29) is 12.3 Å². The van der Waals surface area contributed by atoms with Crippen LogP contribution in [-0.2, 0) is 11.2 Å². The molecule has 0 radical (unpaired) electrons. The van der Waals surface area contributed by atoms with Gasteiger partial charge in [0.25, 0.3) is 0 Å². The van der Waals surface area contributed by atoms with Crippen LogP contribution in [0.1, 0.15) is 42.3 Å². The van der Waals surface area contributed by atoms with Gasteiger partial charge in [0.2, 0.25) is 11.8 Å². The summed E-state index contributed by atoms with van der Waals surface area (Å²) in [5, 5.41) is 12.2. The molecule has 1 atom stereocenters. The van der Waals surface area contributed by atoms with Crippen LogP contribution in [0.4, 0.5) is 6.01 Å². The molecule has 4 rings (SSSR count). The number of hydrogen-bond donors (Lipinski definition) is 1.